The third kappa shape index (κ3) is 4.02. The summed E-state index contributed by atoms with van der Waals surface area (Å²) in [5.41, 5.74) is 2.55. The smallest absolute Gasteiger partial charge is 0.222 e. The fourth-order valence-electron chi connectivity index (χ4n) is 1.71. The maximum atomic E-state index is 4.60. The number of pyridine rings is 1. The molecule has 2 atom stereocenters. The molecule has 1 heterocycles. The minimum Gasteiger partial charge on any atom is -0.329 e. The van der Waals surface area contributed by atoms with Crippen LogP contribution in [0.2, 0.25) is 0 Å². The van der Waals surface area contributed by atoms with Gasteiger partial charge in [0.05, 0.1) is 17.4 Å². The zero-order chi connectivity index (χ0) is 13.8. The molecule has 0 amide bonds. The molecule has 1 aliphatic rings. The van der Waals surface area contributed by atoms with Crippen LogP contribution >= 0.6 is 0 Å². The van der Waals surface area contributed by atoms with Gasteiger partial charge < -0.3 is 5.32 Å². The maximum Gasteiger partial charge on any atom is 0.222 e. The Labute approximate surface area is 114 Å². The van der Waals surface area contributed by atoms with Crippen LogP contribution in [-0.2, 0) is 0 Å². The van der Waals surface area contributed by atoms with Crippen LogP contribution in [0.15, 0.2) is 46.7 Å². The van der Waals surface area contributed by atoms with E-state index in [1.54, 1.807) is 6.20 Å². The van der Waals surface area contributed by atoms with Gasteiger partial charge in [-0.25, -0.2) is 9.98 Å². The largest absolute Gasteiger partial charge is 0.329 e. The molecule has 1 aromatic heterocycles. The Bertz CT molecular complexity index is 516. The normalized spacial score (nSPS) is 23.1. The van der Waals surface area contributed by atoms with E-state index in [9.17, 15) is 0 Å². The van der Waals surface area contributed by atoms with Crippen molar-refractivity contribution >= 4 is 11.7 Å². The van der Waals surface area contributed by atoms with Gasteiger partial charge in [0, 0.05) is 11.9 Å². The Kier molecular flexibility index (Phi) is 4.10. The monoisotopic (exact) mass is 256 g/mol. The van der Waals surface area contributed by atoms with Crippen LogP contribution in [0.4, 0.5) is 0 Å². The van der Waals surface area contributed by atoms with Crippen molar-refractivity contribution in [1.82, 2.24) is 10.3 Å². The lowest BCUT2D eigenvalue weighted by Gasteiger charge is -2.06. The van der Waals surface area contributed by atoms with Crippen molar-refractivity contribution < 1.29 is 0 Å². The molecule has 1 aromatic rings. The van der Waals surface area contributed by atoms with E-state index >= 15 is 0 Å². The van der Waals surface area contributed by atoms with Gasteiger partial charge in [-0.05, 0) is 38.3 Å². The Hall–Kier alpha value is -1.97. The van der Waals surface area contributed by atoms with E-state index in [0.717, 1.165) is 23.5 Å². The van der Waals surface area contributed by atoms with Gasteiger partial charge in [0.1, 0.15) is 0 Å². The van der Waals surface area contributed by atoms with Crippen LogP contribution < -0.4 is 5.32 Å². The summed E-state index contributed by atoms with van der Waals surface area (Å²) in [6, 6.07) is 6.18. The Morgan fingerprint density at radius 1 is 1.42 bits per heavy atom. The number of rotatable bonds is 3. The van der Waals surface area contributed by atoms with Crippen molar-refractivity contribution in [3.8, 4) is 0 Å². The van der Waals surface area contributed by atoms with Gasteiger partial charge in [-0.3, -0.25) is 4.98 Å². The molecular weight excluding hydrogens is 236 g/mol. The fourth-order valence-corrected chi connectivity index (χ4v) is 1.71. The summed E-state index contributed by atoms with van der Waals surface area (Å²) in [7, 11) is 0. The van der Waals surface area contributed by atoms with E-state index < -0.39 is 0 Å². The standard InChI is InChI=1S/C15H20N4/c1-10(2)17-15(19-14-9-11(14)3)18-12(4)13-7-5-6-8-16-13/h5-8,11,14H,1,9H2,2-4H3,(H,17,19). The Morgan fingerprint density at radius 3 is 2.68 bits per heavy atom. The van der Waals surface area contributed by atoms with E-state index in [0.29, 0.717) is 17.9 Å². The lowest BCUT2D eigenvalue weighted by molar-refractivity contribution is 0.883. The summed E-state index contributed by atoms with van der Waals surface area (Å²) in [4.78, 5) is 13.4. The Morgan fingerprint density at radius 2 is 2.16 bits per heavy atom. The highest BCUT2D eigenvalue weighted by Crippen LogP contribution is 2.32. The number of hydrogen-bond acceptors (Lipinski definition) is 2. The molecule has 0 spiro atoms. The first-order valence-electron chi connectivity index (χ1n) is 6.53. The van der Waals surface area contributed by atoms with Gasteiger partial charge in [-0.1, -0.05) is 19.6 Å². The predicted octanol–water partition coefficient (Wildman–Crippen LogP) is 2.78. The molecule has 2 rings (SSSR count). The molecule has 2 unspecified atom stereocenters. The lowest BCUT2D eigenvalue weighted by Crippen LogP contribution is -2.21. The molecule has 4 heteroatoms. The minimum atomic E-state index is 0.391. The van der Waals surface area contributed by atoms with Crippen molar-refractivity contribution in [2.75, 3.05) is 0 Å². The summed E-state index contributed by atoms with van der Waals surface area (Å²) in [6.45, 7) is 9.88. The molecule has 1 N–H and O–H groups in total. The molecule has 1 aliphatic carbocycles. The zero-order valence-electron chi connectivity index (χ0n) is 11.7. The fraction of sp³-hybridized carbons (Fsp3) is 0.400. The number of aromatic nitrogens is 1. The second-order valence-electron chi connectivity index (χ2n) is 5.05. The molecule has 19 heavy (non-hydrogen) atoms. The van der Waals surface area contributed by atoms with Crippen LogP contribution in [0.25, 0.3) is 0 Å². The first-order chi connectivity index (χ1) is 9.06. The second-order valence-corrected chi connectivity index (χ2v) is 5.05. The van der Waals surface area contributed by atoms with Crippen LogP contribution in [0, 0.1) is 5.92 Å². The molecule has 0 aromatic carbocycles. The van der Waals surface area contributed by atoms with Gasteiger partial charge >= 0.3 is 0 Å². The topological polar surface area (TPSA) is 49.6 Å². The molecule has 0 aliphatic heterocycles. The number of nitrogens with one attached hydrogen (secondary N) is 1. The third-order valence-corrected chi connectivity index (χ3v) is 2.99. The molecule has 100 valence electrons. The summed E-state index contributed by atoms with van der Waals surface area (Å²) in [5.74, 6) is 1.29. The van der Waals surface area contributed by atoms with E-state index in [2.05, 4.69) is 33.8 Å². The molecule has 0 saturated heterocycles. The van der Waals surface area contributed by atoms with Crippen molar-refractivity contribution in [3.63, 3.8) is 0 Å². The van der Waals surface area contributed by atoms with Crippen LogP contribution in [-0.4, -0.2) is 22.7 Å². The van der Waals surface area contributed by atoms with Gasteiger partial charge in [0.2, 0.25) is 5.96 Å². The van der Waals surface area contributed by atoms with Crippen molar-refractivity contribution in [2.45, 2.75) is 33.2 Å². The molecule has 1 fully saturated rings. The summed E-state index contributed by atoms with van der Waals surface area (Å²) in [5, 5.41) is 3.11. The molecular formula is C15H20N4. The number of guanidine groups is 1. The highest BCUT2D eigenvalue weighted by molar-refractivity contribution is 6.04. The second kappa shape index (κ2) is 5.78. The van der Waals surface area contributed by atoms with Crippen LogP contribution in [0.1, 0.15) is 32.9 Å². The van der Waals surface area contributed by atoms with E-state index in [4.69, 9.17) is 0 Å². The highest BCUT2D eigenvalue weighted by Gasteiger charge is 2.32. The van der Waals surface area contributed by atoms with Crippen LogP contribution in [0.5, 0.6) is 0 Å². The first kappa shape index (κ1) is 13.5. The first-order valence-corrected chi connectivity index (χ1v) is 6.53. The maximum absolute atomic E-state index is 4.60. The van der Waals surface area contributed by atoms with E-state index in [-0.39, 0.29) is 0 Å². The average molecular weight is 256 g/mol. The van der Waals surface area contributed by atoms with Gasteiger partial charge in [0.15, 0.2) is 0 Å². The van der Waals surface area contributed by atoms with Crippen LogP contribution in [0.3, 0.4) is 0 Å². The minimum absolute atomic E-state index is 0.391. The summed E-state index contributed by atoms with van der Waals surface area (Å²) >= 11 is 0. The molecule has 0 bridgehead atoms. The Balaban J connectivity index is 2.19. The SMILES string of the molecule is C=C(C)NC(=NC1CC1C)N=C(C)c1ccccn1. The van der Waals surface area contributed by atoms with Crippen molar-refractivity contribution in [2.24, 2.45) is 15.9 Å². The number of allylic oxidation sites excluding steroid dienone is 1. The molecule has 4 nitrogen and oxygen atoms in total. The average Bonchev–Trinajstić information content (AvgIpc) is 3.05. The van der Waals surface area contributed by atoms with Gasteiger partial charge in [0.25, 0.3) is 0 Å². The van der Waals surface area contributed by atoms with Crippen molar-refractivity contribution in [1.29, 1.82) is 0 Å². The molecule has 1 saturated carbocycles. The number of nitrogens with zero attached hydrogens (tertiary/aromatic N) is 3. The summed E-state index contributed by atoms with van der Waals surface area (Å²) in [6.07, 6.45) is 2.90. The van der Waals surface area contributed by atoms with Crippen molar-refractivity contribution in [3.05, 3.63) is 42.4 Å². The lowest BCUT2D eigenvalue weighted by atomic mass is 10.2. The zero-order valence-corrected chi connectivity index (χ0v) is 11.7. The van der Waals surface area contributed by atoms with E-state index in [1.807, 2.05) is 32.0 Å². The van der Waals surface area contributed by atoms with E-state index in [1.165, 1.54) is 0 Å². The number of hydrogen-bond donors (Lipinski definition) is 1. The van der Waals surface area contributed by atoms with Gasteiger partial charge in [-0.15, -0.1) is 0 Å². The highest BCUT2D eigenvalue weighted by atomic mass is 15.2. The third-order valence-electron chi connectivity index (χ3n) is 2.99. The number of aliphatic imine (C=N–C) groups is 2. The molecule has 0 radical (unpaired) electrons. The predicted molar refractivity (Wildman–Crippen MR) is 79.4 cm³/mol. The van der Waals surface area contributed by atoms with Gasteiger partial charge in [-0.2, -0.15) is 0 Å². The quantitative estimate of drug-likeness (QED) is 0.668. The summed E-state index contributed by atoms with van der Waals surface area (Å²) < 4.78 is 0.